The summed E-state index contributed by atoms with van der Waals surface area (Å²) < 4.78 is 0. The van der Waals surface area contributed by atoms with Crippen molar-refractivity contribution in [1.82, 2.24) is 4.90 Å². The van der Waals surface area contributed by atoms with Gasteiger partial charge in [0.25, 0.3) is 0 Å². The number of nitrogens with zero attached hydrogens (tertiary/aromatic N) is 1. The third kappa shape index (κ3) is 2.48. The number of carboxylic acid groups (broad SMARTS) is 1. The first kappa shape index (κ1) is 12.1. The molecule has 0 saturated carbocycles. The number of likely N-dealkylation sites (tertiary alicyclic amines) is 1. The van der Waals surface area contributed by atoms with E-state index in [0.29, 0.717) is 13.1 Å². The van der Waals surface area contributed by atoms with E-state index in [1.807, 2.05) is 42.2 Å². The lowest BCUT2D eigenvalue weighted by Gasteiger charge is -2.22. The smallest absolute Gasteiger partial charge is 0.323 e. The van der Waals surface area contributed by atoms with Gasteiger partial charge in [0.1, 0.15) is 6.04 Å². The molecular weight excluding hydrogens is 218 g/mol. The van der Waals surface area contributed by atoms with E-state index >= 15 is 0 Å². The van der Waals surface area contributed by atoms with E-state index in [1.165, 1.54) is 0 Å². The van der Waals surface area contributed by atoms with Crippen LogP contribution in [0.4, 0.5) is 0 Å². The summed E-state index contributed by atoms with van der Waals surface area (Å²) in [5, 5.41) is 19.0. The van der Waals surface area contributed by atoms with Gasteiger partial charge in [-0.25, -0.2) is 0 Å². The van der Waals surface area contributed by atoms with Crippen LogP contribution in [0.1, 0.15) is 12.5 Å². The summed E-state index contributed by atoms with van der Waals surface area (Å²) in [5.74, 6) is -0.947. The summed E-state index contributed by atoms with van der Waals surface area (Å²) >= 11 is 0. The van der Waals surface area contributed by atoms with Gasteiger partial charge < -0.3 is 10.2 Å². The van der Waals surface area contributed by atoms with Crippen LogP contribution in [0.15, 0.2) is 30.3 Å². The minimum atomic E-state index is -0.946. The molecule has 0 bridgehead atoms. The molecule has 2 rings (SSSR count). The number of carbonyl (C=O) groups is 1. The molecule has 0 unspecified atom stereocenters. The highest BCUT2D eigenvalue weighted by Gasteiger charge is 2.42. The van der Waals surface area contributed by atoms with E-state index in [2.05, 4.69) is 0 Å². The zero-order valence-electron chi connectivity index (χ0n) is 9.78. The number of carboxylic acids is 1. The summed E-state index contributed by atoms with van der Waals surface area (Å²) in [6.07, 6.45) is -0.781. The molecule has 17 heavy (non-hydrogen) atoms. The average Bonchev–Trinajstić information content (AvgIpc) is 2.56. The second-order valence-electron chi connectivity index (χ2n) is 4.67. The van der Waals surface area contributed by atoms with Gasteiger partial charge in [0, 0.05) is 13.1 Å². The van der Waals surface area contributed by atoms with E-state index in [9.17, 15) is 9.90 Å². The van der Waals surface area contributed by atoms with Crippen molar-refractivity contribution in [3.63, 3.8) is 0 Å². The SMILES string of the molecule is C[C@H]1CN(Cc2ccccc2)[C@H](C(=O)O)[C@H]1O. The first-order chi connectivity index (χ1) is 8.09. The van der Waals surface area contributed by atoms with Crippen LogP contribution in [-0.4, -0.2) is 39.8 Å². The second kappa shape index (κ2) is 4.85. The molecule has 1 aromatic rings. The van der Waals surface area contributed by atoms with Crippen molar-refractivity contribution in [1.29, 1.82) is 0 Å². The third-order valence-corrected chi connectivity index (χ3v) is 3.30. The molecule has 3 atom stereocenters. The van der Waals surface area contributed by atoms with Gasteiger partial charge in [-0.3, -0.25) is 9.69 Å². The molecule has 0 aliphatic carbocycles. The predicted molar refractivity (Wildman–Crippen MR) is 63.4 cm³/mol. The highest BCUT2D eigenvalue weighted by molar-refractivity contribution is 5.74. The van der Waals surface area contributed by atoms with E-state index in [0.717, 1.165) is 5.56 Å². The molecule has 1 aliphatic rings. The maximum Gasteiger partial charge on any atom is 0.323 e. The van der Waals surface area contributed by atoms with Gasteiger partial charge in [-0.15, -0.1) is 0 Å². The first-order valence-corrected chi connectivity index (χ1v) is 5.78. The fourth-order valence-corrected chi connectivity index (χ4v) is 2.40. The molecule has 0 amide bonds. The number of hydrogen-bond acceptors (Lipinski definition) is 3. The van der Waals surface area contributed by atoms with Crippen LogP contribution in [0.3, 0.4) is 0 Å². The van der Waals surface area contributed by atoms with Gasteiger partial charge >= 0.3 is 5.97 Å². The minimum Gasteiger partial charge on any atom is -0.480 e. The Bertz CT molecular complexity index is 393. The molecule has 0 aromatic heterocycles. The normalized spacial score (nSPS) is 29.4. The molecule has 0 radical (unpaired) electrons. The Labute approximate surface area is 100 Å². The highest BCUT2D eigenvalue weighted by atomic mass is 16.4. The van der Waals surface area contributed by atoms with Crippen molar-refractivity contribution in [2.24, 2.45) is 5.92 Å². The second-order valence-corrected chi connectivity index (χ2v) is 4.67. The lowest BCUT2D eigenvalue weighted by molar-refractivity contribution is -0.145. The van der Waals surface area contributed by atoms with Crippen molar-refractivity contribution in [2.75, 3.05) is 6.54 Å². The third-order valence-electron chi connectivity index (χ3n) is 3.30. The zero-order valence-corrected chi connectivity index (χ0v) is 9.78. The largest absolute Gasteiger partial charge is 0.480 e. The Morgan fingerprint density at radius 2 is 2.06 bits per heavy atom. The van der Waals surface area contributed by atoms with Crippen LogP contribution >= 0.6 is 0 Å². The van der Waals surface area contributed by atoms with E-state index in [1.54, 1.807) is 0 Å². The first-order valence-electron chi connectivity index (χ1n) is 5.78. The topological polar surface area (TPSA) is 60.8 Å². The molecule has 1 saturated heterocycles. The van der Waals surface area contributed by atoms with Crippen LogP contribution in [0.2, 0.25) is 0 Å². The van der Waals surface area contributed by atoms with Crippen LogP contribution in [0.5, 0.6) is 0 Å². The zero-order chi connectivity index (χ0) is 12.4. The van der Waals surface area contributed by atoms with E-state index in [4.69, 9.17) is 5.11 Å². The van der Waals surface area contributed by atoms with Crippen LogP contribution in [-0.2, 0) is 11.3 Å². The van der Waals surface area contributed by atoms with Crippen LogP contribution in [0.25, 0.3) is 0 Å². The summed E-state index contributed by atoms with van der Waals surface area (Å²) in [5.41, 5.74) is 1.07. The van der Waals surface area contributed by atoms with Crippen LogP contribution in [0, 0.1) is 5.92 Å². The number of rotatable bonds is 3. The molecule has 1 aliphatic heterocycles. The summed E-state index contributed by atoms with van der Waals surface area (Å²) in [7, 11) is 0. The minimum absolute atomic E-state index is 0.000174. The monoisotopic (exact) mass is 235 g/mol. The fraction of sp³-hybridized carbons (Fsp3) is 0.462. The molecule has 1 fully saturated rings. The molecule has 92 valence electrons. The van der Waals surface area contributed by atoms with Gasteiger partial charge in [-0.05, 0) is 11.5 Å². The van der Waals surface area contributed by atoms with Crippen molar-refractivity contribution in [2.45, 2.75) is 25.6 Å². The molecule has 2 N–H and O–H groups in total. The summed E-state index contributed by atoms with van der Waals surface area (Å²) in [4.78, 5) is 13.0. The standard InChI is InChI=1S/C13H17NO3/c1-9-7-14(11(12(9)15)13(16)17)8-10-5-3-2-4-6-10/h2-6,9,11-12,15H,7-8H2,1H3,(H,16,17)/t9-,11-,12-/m0/s1. The average molecular weight is 235 g/mol. The fourth-order valence-electron chi connectivity index (χ4n) is 2.40. The maximum absolute atomic E-state index is 11.2. The Kier molecular flexibility index (Phi) is 3.45. The Morgan fingerprint density at radius 3 is 2.65 bits per heavy atom. The summed E-state index contributed by atoms with van der Waals surface area (Å²) in [6, 6.07) is 8.94. The predicted octanol–water partition coefficient (Wildman–Crippen LogP) is 0.952. The van der Waals surface area contributed by atoms with Crippen molar-refractivity contribution in [3.05, 3.63) is 35.9 Å². The number of hydrogen-bond donors (Lipinski definition) is 2. The quantitative estimate of drug-likeness (QED) is 0.819. The lowest BCUT2D eigenvalue weighted by Crippen LogP contribution is -2.41. The molecule has 4 heteroatoms. The van der Waals surface area contributed by atoms with Gasteiger partial charge in [-0.1, -0.05) is 37.3 Å². The number of aliphatic hydroxyl groups excluding tert-OH is 1. The van der Waals surface area contributed by atoms with Gasteiger partial charge in [0.15, 0.2) is 0 Å². The van der Waals surface area contributed by atoms with Crippen molar-refractivity contribution < 1.29 is 15.0 Å². The maximum atomic E-state index is 11.2. The van der Waals surface area contributed by atoms with Crippen LogP contribution < -0.4 is 0 Å². The molecular formula is C13H17NO3. The Balaban J connectivity index is 2.12. The number of benzene rings is 1. The van der Waals surface area contributed by atoms with Crippen molar-refractivity contribution >= 4 is 5.97 Å². The highest BCUT2D eigenvalue weighted by Crippen LogP contribution is 2.25. The Hall–Kier alpha value is -1.39. The molecule has 1 aromatic carbocycles. The van der Waals surface area contributed by atoms with Gasteiger partial charge in [0.05, 0.1) is 6.10 Å². The molecule has 4 nitrogen and oxygen atoms in total. The molecule has 1 heterocycles. The molecule has 0 spiro atoms. The lowest BCUT2D eigenvalue weighted by atomic mass is 10.0. The van der Waals surface area contributed by atoms with Crippen molar-refractivity contribution in [3.8, 4) is 0 Å². The van der Waals surface area contributed by atoms with Gasteiger partial charge in [-0.2, -0.15) is 0 Å². The Morgan fingerprint density at radius 1 is 1.41 bits per heavy atom. The number of aliphatic hydroxyl groups is 1. The summed E-state index contributed by atoms with van der Waals surface area (Å²) in [6.45, 7) is 3.07. The van der Waals surface area contributed by atoms with E-state index < -0.39 is 18.1 Å². The number of aliphatic carboxylic acids is 1. The van der Waals surface area contributed by atoms with Gasteiger partial charge in [0.2, 0.25) is 0 Å². The van der Waals surface area contributed by atoms with E-state index in [-0.39, 0.29) is 5.92 Å².